The summed E-state index contributed by atoms with van der Waals surface area (Å²) in [4.78, 5) is 14.8. The molecule has 0 fully saturated rings. The van der Waals surface area contributed by atoms with Crippen LogP contribution in [0.3, 0.4) is 0 Å². The molecule has 33 heavy (non-hydrogen) atoms. The lowest BCUT2D eigenvalue weighted by atomic mass is 9.92. The van der Waals surface area contributed by atoms with Gasteiger partial charge in [-0.15, -0.1) is 0 Å². The molecule has 2 aromatic rings. The maximum absolute atomic E-state index is 13.2. The highest BCUT2D eigenvalue weighted by atomic mass is 79.9. The van der Waals surface area contributed by atoms with E-state index in [4.69, 9.17) is 5.26 Å². The van der Waals surface area contributed by atoms with E-state index >= 15 is 0 Å². The Morgan fingerprint density at radius 2 is 2.03 bits per heavy atom. The summed E-state index contributed by atoms with van der Waals surface area (Å²) in [6.45, 7) is 4.77. The second-order valence-corrected chi connectivity index (χ2v) is 9.45. The Balaban J connectivity index is 1.74. The fraction of sp³-hybridized carbons (Fsp3) is 0.417. The number of nitrogens with one attached hydrogen (secondary N) is 1. The number of nitriles is 1. The standard InChI is InChI=1S/C24H25BrF3N3O2/c1-3-15-13-31(9-8-16-10-18(25)5-7-20(15)16)14-23(2,33)22(32)30-19-6-4-17(12-29)21(11-19)24(26,27)28/h4-7,10-11,15,33H,3,8-9,13-14H2,1-2H3,(H,30,32)/t15?,23-/m0/s1. The molecular weight excluding hydrogens is 499 g/mol. The van der Waals surface area contributed by atoms with Gasteiger partial charge in [0.2, 0.25) is 0 Å². The van der Waals surface area contributed by atoms with Crippen molar-refractivity contribution in [3.63, 3.8) is 0 Å². The third kappa shape index (κ3) is 5.94. The molecule has 176 valence electrons. The van der Waals surface area contributed by atoms with Crippen molar-refractivity contribution in [1.29, 1.82) is 5.26 Å². The van der Waals surface area contributed by atoms with Gasteiger partial charge in [-0.25, -0.2) is 0 Å². The summed E-state index contributed by atoms with van der Waals surface area (Å²) < 4.78 is 40.7. The van der Waals surface area contributed by atoms with E-state index in [1.807, 2.05) is 11.0 Å². The maximum atomic E-state index is 13.2. The zero-order chi connectivity index (χ0) is 24.4. The van der Waals surface area contributed by atoms with Crippen molar-refractivity contribution in [1.82, 2.24) is 4.90 Å². The van der Waals surface area contributed by atoms with Crippen molar-refractivity contribution in [3.05, 3.63) is 63.1 Å². The monoisotopic (exact) mass is 523 g/mol. The predicted octanol–water partition coefficient (Wildman–Crippen LogP) is 5.08. The summed E-state index contributed by atoms with van der Waals surface area (Å²) in [6.07, 6.45) is -3.09. The first-order valence-electron chi connectivity index (χ1n) is 10.6. The molecule has 1 heterocycles. The first kappa shape index (κ1) is 25.2. The van der Waals surface area contributed by atoms with Crippen LogP contribution in [0.5, 0.6) is 0 Å². The lowest BCUT2D eigenvalue weighted by Gasteiger charge is -2.31. The number of anilines is 1. The predicted molar refractivity (Wildman–Crippen MR) is 123 cm³/mol. The van der Waals surface area contributed by atoms with E-state index in [9.17, 15) is 23.1 Å². The molecule has 0 bridgehead atoms. The van der Waals surface area contributed by atoms with Crippen molar-refractivity contribution in [2.45, 2.75) is 44.4 Å². The van der Waals surface area contributed by atoms with Crippen LogP contribution in [0.1, 0.15) is 48.4 Å². The highest BCUT2D eigenvalue weighted by molar-refractivity contribution is 9.10. The Labute approximate surface area is 199 Å². The van der Waals surface area contributed by atoms with Crippen molar-refractivity contribution >= 4 is 27.5 Å². The highest BCUT2D eigenvalue weighted by Gasteiger charge is 2.36. The normalized spacial score (nSPS) is 18.5. The second kappa shape index (κ2) is 9.84. The zero-order valence-corrected chi connectivity index (χ0v) is 19.9. The van der Waals surface area contributed by atoms with Crippen LogP contribution in [0.4, 0.5) is 18.9 Å². The number of benzene rings is 2. The molecule has 1 aliphatic rings. The number of carbonyl (C=O) groups excluding carboxylic acids is 1. The van der Waals surface area contributed by atoms with Crippen LogP contribution in [-0.4, -0.2) is 41.1 Å². The van der Waals surface area contributed by atoms with Gasteiger partial charge in [-0.1, -0.05) is 28.9 Å². The van der Waals surface area contributed by atoms with E-state index in [0.717, 1.165) is 23.4 Å². The minimum Gasteiger partial charge on any atom is -0.379 e. The topological polar surface area (TPSA) is 76.4 Å². The average Bonchev–Trinajstić information content (AvgIpc) is 2.91. The number of halogens is 4. The molecule has 2 aromatic carbocycles. The number of hydrogen-bond donors (Lipinski definition) is 2. The fourth-order valence-electron chi connectivity index (χ4n) is 4.19. The minimum atomic E-state index is -4.74. The third-order valence-corrected chi connectivity index (χ3v) is 6.43. The van der Waals surface area contributed by atoms with E-state index < -0.39 is 28.8 Å². The molecule has 1 amide bonds. The first-order chi connectivity index (χ1) is 15.4. The van der Waals surface area contributed by atoms with Crippen LogP contribution >= 0.6 is 15.9 Å². The van der Waals surface area contributed by atoms with Gasteiger partial charge < -0.3 is 10.4 Å². The summed E-state index contributed by atoms with van der Waals surface area (Å²) in [5, 5.41) is 22.2. The molecular formula is C24H25BrF3N3O2. The van der Waals surface area contributed by atoms with Gasteiger partial charge in [0.1, 0.15) is 0 Å². The van der Waals surface area contributed by atoms with Crippen LogP contribution in [0, 0.1) is 11.3 Å². The van der Waals surface area contributed by atoms with Crippen molar-refractivity contribution in [2.75, 3.05) is 25.0 Å². The Hall–Kier alpha value is -2.41. The van der Waals surface area contributed by atoms with Crippen molar-refractivity contribution in [2.24, 2.45) is 0 Å². The van der Waals surface area contributed by atoms with Crippen LogP contribution in [0.25, 0.3) is 0 Å². The number of amides is 1. The van der Waals surface area contributed by atoms with E-state index in [1.165, 1.54) is 30.2 Å². The summed E-state index contributed by atoms with van der Waals surface area (Å²) in [5.74, 6) is -0.569. The molecule has 0 saturated heterocycles. The van der Waals surface area contributed by atoms with E-state index in [0.29, 0.717) is 19.2 Å². The number of aliphatic hydroxyl groups is 1. The van der Waals surface area contributed by atoms with Crippen molar-refractivity contribution < 1.29 is 23.1 Å². The zero-order valence-electron chi connectivity index (χ0n) is 18.3. The molecule has 1 aliphatic heterocycles. The number of alkyl halides is 3. The van der Waals surface area contributed by atoms with Gasteiger partial charge in [-0.05, 0) is 67.1 Å². The van der Waals surface area contributed by atoms with Gasteiger partial charge in [0.15, 0.2) is 5.60 Å². The summed E-state index contributed by atoms with van der Waals surface area (Å²) in [7, 11) is 0. The van der Waals surface area contributed by atoms with Gasteiger partial charge in [0, 0.05) is 29.8 Å². The van der Waals surface area contributed by atoms with Crippen LogP contribution < -0.4 is 5.32 Å². The number of rotatable bonds is 5. The van der Waals surface area contributed by atoms with Crippen molar-refractivity contribution in [3.8, 4) is 6.07 Å². The number of β-amino-alcohol motifs (C(OH)–C–C–N with tert-alkyl or cyclic N) is 1. The van der Waals surface area contributed by atoms with E-state index in [-0.39, 0.29) is 18.2 Å². The van der Waals surface area contributed by atoms with Gasteiger partial charge in [0.05, 0.1) is 17.2 Å². The summed E-state index contributed by atoms with van der Waals surface area (Å²) >= 11 is 3.50. The molecule has 9 heteroatoms. The van der Waals surface area contributed by atoms with Crippen LogP contribution in [0.2, 0.25) is 0 Å². The molecule has 0 spiro atoms. The number of hydrogen-bond acceptors (Lipinski definition) is 4. The maximum Gasteiger partial charge on any atom is 0.417 e. The largest absolute Gasteiger partial charge is 0.417 e. The van der Waals surface area contributed by atoms with Crippen LogP contribution in [-0.2, 0) is 17.4 Å². The minimum absolute atomic E-state index is 0.0346. The Kier molecular flexibility index (Phi) is 7.52. The molecule has 0 aliphatic carbocycles. The molecule has 0 saturated carbocycles. The molecule has 0 aromatic heterocycles. The fourth-order valence-corrected chi connectivity index (χ4v) is 4.60. The van der Waals surface area contributed by atoms with E-state index in [1.54, 1.807) is 0 Å². The smallest absolute Gasteiger partial charge is 0.379 e. The van der Waals surface area contributed by atoms with Gasteiger partial charge in [0.25, 0.3) is 5.91 Å². The highest BCUT2D eigenvalue weighted by Crippen LogP contribution is 2.34. The average molecular weight is 524 g/mol. The molecule has 2 N–H and O–H groups in total. The van der Waals surface area contributed by atoms with Gasteiger partial charge in [-0.3, -0.25) is 9.69 Å². The second-order valence-electron chi connectivity index (χ2n) is 8.53. The quantitative estimate of drug-likeness (QED) is 0.572. The molecule has 0 radical (unpaired) electrons. The Morgan fingerprint density at radius 1 is 1.30 bits per heavy atom. The number of nitrogens with zero attached hydrogens (tertiary/aromatic N) is 2. The Bertz CT molecular complexity index is 1080. The molecule has 1 unspecified atom stereocenters. The summed E-state index contributed by atoms with van der Waals surface area (Å²) in [6, 6.07) is 10.6. The lowest BCUT2D eigenvalue weighted by Crippen LogP contribution is -2.50. The van der Waals surface area contributed by atoms with Gasteiger partial charge in [-0.2, -0.15) is 18.4 Å². The molecule has 3 rings (SSSR count). The van der Waals surface area contributed by atoms with Crippen LogP contribution in [0.15, 0.2) is 40.9 Å². The number of carbonyl (C=O) groups is 1. The van der Waals surface area contributed by atoms with Gasteiger partial charge >= 0.3 is 6.18 Å². The number of fused-ring (bicyclic) bond motifs is 1. The third-order valence-electron chi connectivity index (χ3n) is 5.94. The molecule has 2 atom stereocenters. The van der Waals surface area contributed by atoms with E-state index in [2.05, 4.69) is 40.3 Å². The first-order valence-corrected chi connectivity index (χ1v) is 11.4. The molecule has 5 nitrogen and oxygen atoms in total. The lowest BCUT2D eigenvalue weighted by molar-refractivity contribution is -0.138. The Morgan fingerprint density at radius 3 is 2.67 bits per heavy atom. The SMILES string of the molecule is CCC1CN(C[C@](C)(O)C(=O)Nc2ccc(C#N)c(C(F)(F)F)c2)CCc2cc(Br)ccc21. The summed E-state index contributed by atoms with van der Waals surface area (Å²) in [5.41, 5.74) is -1.16.